The van der Waals surface area contributed by atoms with Gasteiger partial charge in [-0.25, -0.2) is 14.7 Å². The van der Waals surface area contributed by atoms with Crippen LogP contribution in [-0.4, -0.2) is 21.5 Å². The predicted octanol–water partition coefficient (Wildman–Crippen LogP) is 8.36. The molecule has 7 rings (SSSR count). The first kappa shape index (κ1) is 24.5. The molecule has 196 valence electrons. The highest BCUT2D eigenvalue weighted by atomic mass is 79.9. The maximum absolute atomic E-state index is 5.33. The van der Waals surface area contributed by atoms with Gasteiger partial charge in [0.25, 0.3) is 0 Å². The van der Waals surface area contributed by atoms with Crippen LogP contribution in [0.1, 0.15) is 34.0 Å². The molecule has 2 aliphatic heterocycles. The average Bonchev–Trinajstić information content (AvgIpc) is 3.30. The maximum Gasteiger partial charge on any atom is 0.179 e. The summed E-state index contributed by atoms with van der Waals surface area (Å²) in [5.41, 5.74) is 9.36. The third-order valence-corrected chi connectivity index (χ3v) is 7.94. The van der Waals surface area contributed by atoms with Gasteiger partial charge in [-0.05, 0) is 79.9 Å². The first-order valence-electron chi connectivity index (χ1n) is 13.3. The number of halogens is 1. The molecule has 0 saturated carbocycles. The monoisotopic (exact) mass is 586 g/mol. The predicted molar refractivity (Wildman–Crippen MR) is 167 cm³/mol. The van der Waals surface area contributed by atoms with Crippen molar-refractivity contribution in [2.45, 2.75) is 26.8 Å². The van der Waals surface area contributed by atoms with E-state index in [1.807, 2.05) is 28.9 Å². The zero-order valence-electron chi connectivity index (χ0n) is 22.4. The molecule has 1 aromatic heterocycles. The Hall–Kier alpha value is -4.49. The van der Waals surface area contributed by atoms with Crippen molar-refractivity contribution in [3.8, 4) is 5.69 Å². The van der Waals surface area contributed by atoms with Crippen molar-refractivity contribution < 1.29 is 0 Å². The summed E-state index contributed by atoms with van der Waals surface area (Å²) in [7, 11) is 0. The fourth-order valence-corrected chi connectivity index (χ4v) is 5.95. The normalized spacial score (nSPS) is 15.5. The lowest BCUT2D eigenvalue weighted by atomic mass is 9.93. The van der Waals surface area contributed by atoms with Crippen molar-refractivity contribution in [2.24, 2.45) is 9.98 Å². The molecular weight excluding hydrogens is 560 g/mol. The summed E-state index contributed by atoms with van der Waals surface area (Å²) in [6.45, 7) is 6.28. The van der Waals surface area contributed by atoms with Crippen molar-refractivity contribution >= 4 is 50.5 Å². The van der Waals surface area contributed by atoms with Crippen LogP contribution in [0, 0.1) is 20.8 Å². The quantitative estimate of drug-likeness (QED) is 0.231. The van der Waals surface area contributed by atoms with Crippen molar-refractivity contribution in [3.63, 3.8) is 0 Å². The topological polar surface area (TPSA) is 57.8 Å². The molecule has 0 radical (unpaired) electrons. The first-order chi connectivity index (χ1) is 19.5. The van der Waals surface area contributed by atoms with E-state index in [4.69, 9.17) is 15.1 Å². The third kappa shape index (κ3) is 4.05. The molecule has 1 unspecified atom stereocenters. The van der Waals surface area contributed by atoms with Gasteiger partial charge >= 0.3 is 0 Å². The van der Waals surface area contributed by atoms with Gasteiger partial charge in [0.1, 0.15) is 0 Å². The third-order valence-electron chi connectivity index (χ3n) is 7.45. The molecule has 2 aliphatic rings. The highest BCUT2D eigenvalue weighted by Crippen LogP contribution is 2.48. The summed E-state index contributed by atoms with van der Waals surface area (Å²) in [6, 6.07) is 33.2. The number of rotatable bonds is 3. The van der Waals surface area contributed by atoms with E-state index in [1.54, 1.807) is 0 Å². The fraction of sp³-hybridized carbons (Fsp3) is 0.121. The molecule has 0 bridgehead atoms. The molecule has 40 heavy (non-hydrogen) atoms. The number of benzene rings is 4. The zero-order valence-corrected chi connectivity index (χ0v) is 24.0. The Balaban J connectivity index is 1.51. The summed E-state index contributed by atoms with van der Waals surface area (Å²) >= 11 is 3.71. The molecule has 3 heterocycles. The lowest BCUT2D eigenvalue weighted by Crippen LogP contribution is -2.46. The number of nitrogens with one attached hydrogen (secondary N) is 1. The summed E-state index contributed by atoms with van der Waals surface area (Å²) < 4.78 is 2.98. The Morgan fingerprint density at radius 3 is 2.42 bits per heavy atom. The van der Waals surface area contributed by atoms with Gasteiger partial charge in [-0.2, -0.15) is 5.10 Å². The van der Waals surface area contributed by atoms with Gasteiger partial charge in [-0.1, -0.05) is 70.5 Å². The minimum absolute atomic E-state index is 0.162. The number of aromatic nitrogens is 2. The molecule has 1 atom stereocenters. The second-order valence-corrected chi connectivity index (χ2v) is 11.1. The number of anilines is 2. The molecule has 0 aliphatic carbocycles. The Morgan fingerprint density at radius 2 is 1.60 bits per heavy atom. The SMILES string of the molecule is Cc1ccc(C)c(NC2=Nc3ccccc3N3C2=Nc2c(c(C)nn2-c2ccccc2)C3c2cccc(Br)c2)c1. The van der Waals surface area contributed by atoms with E-state index in [-0.39, 0.29) is 6.04 Å². The van der Waals surface area contributed by atoms with Gasteiger partial charge in [-0.15, -0.1) is 0 Å². The second kappa shape index (κ2) is 9.61. The van der Waals surface area contributed by atoms with E-state index in [2.05, 4.69) is 120 Å². The average molecular weight is 588 g/mol. The molecule has 0 spiro atoms. The molecule has 4 aromatic carbocycles. The minimum atomic E-state index is -0.162. The number of nitrogens with zero attached hydrogens (tertiary/aromatic N) is 5. The molecule has 0 fully saturated rings. The van der Waals surface area contributed by atoms with Crippen LogP contribution in [-0.2, 0) is 0 Å². The van der Waals surface area contributed by atoms with Gasteiger partial charge < -0.3 is 10.2 Å². The van der Waals surface area contributed by atoms with Gasteiger partial charge in [0.2, 0.25) is 0 Å². The van der Waals surface area contributed by atoms with Crippen LogP contribution in [0.3, 0.4) is 0 Å². The largest absolute Gasteiger partial charge is 0.337 e. The molecule has 5 aromatic rings. The van der Waals surface area contributed by atoms with E-state index >= 15 is 0 Å². The first-order valence-corrected chi connectivity index (χ1v) is 14.1. The van der Waals surface area contributed by atoms with Crippen LogP contribution in [0.4, 0.5) is 22.9 Å². The van der Waals surface area contributed by atoms with E-state index in [1.165, 1.54) is 5.56 Å². The number of fused-ring (bicyclic) bond motifs is 4. The summed E-state index contributed by atoms with van der Waals surface area (Å²) in [5.74, 6) is 2.28. The number of hydrogen-bond acceptors (Lipinski definition) is 5. The molecular formula is C33H27BrN6. The fourth-order valence-electron chi connectivity index (χ4n) is 5.54. The van der Waals surface area contributed by atoms with E-state index in [0.29, 0.717) is 5.84 Å². The standard InChI is InChI=1S/C33H27BrN6/c1-20-16-17-21(2)27(18-20)36-31-33-37-32-29(22(3)38-40(32)25-12-5-4-6-13-25)30(23-10-9-11-24(34)19-23)39(33)28-15-8-7-14-26(28)35-31/h4-19,30H,1-3H3,(H,35,36). The van der Waals surface area contributed by atoms with E-state index < -0.39 is 0 Å². The van der Waals surface area contributed by atoms with Crippen LogP contribution in [0.5, 0.6) is 0 Å². The van der Waals surface area contributed by atoms with Crippen molar-refractivity contribution in [1.82, 2.24) is 9.78 Å². The van der Waals surface area contributed by atoms with E-state index in [9.17, 15) is 0 Å². The Bertz CT molecular complexity index is 1840. The summed E-state index contributed by atoms with van der Waals surface area (Å²) in [4.78, 5) is 12.8. The number of aliphatic imine (C=N–C) groups is 2. The molecule has 7 heteroatoms. The van der Waals surface area contributed by atoms with Gasteiger partial charge in [-0.3, -0.25) is 0 Å². The lowest BCUT2D eigenvalue weighted by molar-refractivity contribution is 0.815. The Morgan fingerprint density at radius 1 is 0.800 bits per heavy atom. The van der Waals surface area contributed by atoms with E-state index in [0.717, 1.165) is 61.3 Å². The van der Waals surface area contributed by atoms with Crippen LogP contribution in [0.15, 0.2) is 112 Å². The van der Waals surface area contributed by atoms with Crippen LogP contribution in [0.25, 0.3) is 5.69 Å². The van der Waals surface area contributed by atoms with Crippen LogP contribution < -0.4 is 10.2 Å². The summed E-state index contributed by atoms with van der Waals surface area (Å²) in [5, 5.41) is 8.67. The Kier molecular flexibility index (Phi) is 5.90. The zero-order chi connectivity index (χ0) is 27.4. The molecule has 0 saturated heterocycles. The highest BCUT2D eigenvalue weighted by Gasteiger charge is 2.41. The molecule has 1 N–H and O–H groups in total. The second-order valence-electron chi connectivity index (χ2n) is 10.2. The molecule has 0 amide bonds. The molecule has 6 nitrogen and oxygen atoms in total. The van der Waals surface area contributed by atoms with Gasteiger partial charge in [0, 0.05) is 15.7 Å². The number of hydrogen-bond donors (Lipinski definition) is 1. The minimum Gasteiger partial charge on any atom is -0.337 e. The van der Waals surface area contributed by atoms with Crippen molar-refractivity contribution in [2.75, 3.05) is 10.2 Å². The number of aryl methyl sites for hydroxylation is 3. The lowest BCUT2D eigenvalue weighted by Gasteiger charge is -2.40. The smallest absolute Gasteiger partial charge is 0.179 e. The Labute approximate surface area is 241 Å². The highest BCUT2D eigenvalue weighted by molar-refractivity contribution is 9.10. The van der Waals surface area contributed by atoms with Gasteiger partial charge in [0.15, 0.2) is 17.5 Å². The summed E-state index contributed by atoms with van der Waals surface area (Å²) in [6.07, 6.45) is 0. The van der Waals surface area contributed by atoms with Crippen molar-refractivity contribution in [1.29, 1.82) is 0 Å². The van der Waals surface area contributed by atoms with Crippen LogP contribution in [0.2, 0.25) is 0 Å². The van der Waals surface area contributed by atoms with Gasteiger partial charge in [0.05, 0.1) is 28.8 Å². The number of amidine groups is 2. The number of para-hydroxylation sites is 3. The van der Waals surface area contributed by atoms with Crippen molar-refractivity contribution in [3.05, 3.63) is 129 Å². The van der Waals surface area contributed by atoms with Crippen LogP contribution >= 0.6 is 15.9 Å². The maximum atomic E-state index is 5.33.